The summed E-state index contributed by atoms with van der Waals surface area (Å²) in [5, 5.41) is 9.37. The normalized spacial score (nSPS) is 17.8. The Bertz CT molecular complexity index is 665. The molecule has 1 aromatic rings. The number of hydrogen-bond acceptors (Lipinski definition) is 5. The number of ketones is 1. The van der Waals surface area contributed by atoms with Crippen molar-refractivity contribution >= 4 is 5.78 Å². The molecule has 0 aliphatic heterocycles. The highest BCUT2D eigenvalue weighted by molar-refractivity contribution is 5.97. The quantitative estimate of drug-likeness (QED) is 0.760. The maximum atomic E-state index is 12.4. The van der Waals surface area contributed by atoms with Gasteiger partial charge in [0.25, 0.3) is 0 Å². The van der Waals surface area contributed by atoms with Gasteiger partial charge in [-0.15, -0.1) is 0 Å². The number of carbonyl (C=O) groups excluding carboxylic acids is 1. The van der Waals surface area contributed by atoms with Crippen molar-refractivity contribution in [1.82, 2.24) is 4.98 Å². The van der Waals surface area contributed by atoms with E-state index in [0.717, 1.165) is 12.3 Å². The molecular formula is C17H18F3NO4. The molecular weight excluding hydrogens is 339 g/mol. The number of carbonyl (C=O) groups is 1. The van der Waals surface area contributed by atoms with Crippen molar-refractivity contribution in [3.05, 3.63) is 47.4 Å². The van der Waals surface area contributed by atoms with Crippen LogP contribution in [0.15, 0.2) is 41.8 Å². The number of pyridine rings is 1. The van der Waals surface area contributed by atoms with E-state index in [1.807, 2.05) is 0 Å². The molecule has 2 rings (SSSR count). The molecule has 0 bridgehead atoms. The van der Waals surface area contributed by atoms with Gasteiger partial charge in [-0.1, -0.05) is 0 Å². The maximum absolute atomic E-state index is 12.4. The van der Waals surface area contributed by atoms with Crippen LogP contribution in [0.2, 0.25) is 0 Å². The maximum Gasteiger partial charge on any atom is 0.417 e. The molecule has 1 aliphatic rings. The van der Waals surface area contributed by atoms with Gasteiger partial charge in [-0.3, -0.25) is 4.79 Å². The number of halogens is 3. The first kappa shape index (κ1) is 19.0. The predicted octanol–water partition coefficient (Wildman–Crippen LogP) is 3.05. The van der Waals surface area contributed by atoms with Gasteiger partial charge in [0.05, 0.1) is 18.8 Å². The molecule has 1 heterocycles. The summed E-state index contributed by atoms with van der Waals surface area (Å²) in [6, 6.07) is 2.10. The van der Waals surface area contributed by atoms with Crippen LogP contribution in [0.25, 0.3) is 0 Å². The van der Waals surface area contributed by atoms with E-state index in [2.05, 4.69) is 4.98 Å². The first-order valence-corrected chi connectivity index (χ1v) is 7.68. The Balaban J connectivity index is 1.66. The van der Waals surface area contributed by atoms with Crippen molar-refractivity contribution in [2.24, 2.45) is 0 Å². The lowest BCUT2D eigenvalue weighted by molar-refractivity contribution is -0.137. The molecule has 0 fully saturated rings. The number of rotatable bonds is 7. The monoisotopic (exact) mass is 357 g/mol. The Morgan fingerprint density at radius 1 is 1.20 bits per heavy atom. The molecule has 1 unspecified atom stereocenters. The number of aliphatic hydroxyl groups is 1. The Labute approximate surface area is 142 Å². The van der Waals surface area contributed by atoms with Crippen LogP contribution in [-0.2, 0) is 15.7 Å². The van der Waals surface area contributed by atoms with E-state index < -0.39 is 23.6 Å². The number of nitrogens with zero attached hydrogens (tertiary/aromatic N) is 1. The number of hydrogen-bond donors (Lipinski definition) is 1. The van der Waals surface area contributed by atoms with Crippen LogP contribution in [-0.4, -0.2) is 35.2 Å². The van der Waals surface area contributed by atoms with Crippen LogP contribution in [0.5, 0.6) is 5.88 Å². The van der Waals surface area contributed by atoms with Crippen LogP contribution < -0.4 is 4.74 Å². The summed E-state index contributed by atoms with van der Waals surface area (Å²) in [6.45, 7) is 2.37. The molecule has 1 atom stereocenters. The predicted molar refractivity (Wildman–Crippen MR) is 82.8 cm³/mol. The summed E-state index contributed by atoms with van der Waals surface area (Å²) in [5.74, 6) is 0.139. The minimum Gasteiger partial charge on any atom is -0.493 e. The number of ether oxygens (including phenoxy) is 2. The second-order valence-electron chi connectivity index (χ2n) is 5.49. The zero-order valence-corrected chi connectivity index (χ0v) is 13.5. The van der Waals surface area contributed by atoms with E-state index in [4.69, 9.17) is 9.47 Å². The molecule has 0 saturated heterocycles. The van der Waals surface area contributed by atoms with Gasteiger partial charge in [0, 0.05) is 18.3 Å². The second kappa shape index (κ2) is 8.15. The van der Waals surface area contributed by atoms with Crippen molar-refractivity contribution < 1.29 is 32.5 Å². The van der Waals surface area contributed by atoms with E-state index >= 15 is 0 Å². The lowest BCUT2D eigenvalue weighted by Crippen LogP contribution is -2.21. The van der Waals surface area contributed by atoms with Crippen molar-refractivity contribution in [2.75, 3.05) is 13.2 Å². The van der Waals surface area contributed by atoms with Gasteiger partial charge in [-0.2, -0.15) is 13.2 Å². The molecule has 1 aromatic heterocycles. The number of aromatic nitrogens is 1. The average Bonchev–Trinajstić information content (AvgIpc) is 2.55. The van der Waals surface area contributed by atoms with E-state index in [9.17, 15) is 23.1 Å². The van der Waals surface area contributed by atoms with Crippen molar-refractivity contribution in [1.29, 1.82) is 0 Å². The molecule has 0 saturated carbocycles. The third kappa shape index (κ3) is 5.60. The molecule has 25 heavy (non-hydrogen) atoms. The topological polar surface area (TPSA) is 68.7 Å². The van der Waals surface area contributed by atoms with Crippen molar-refractivity contribution in [3.8, 4) is 5.88 Å². The van der Waals surface area contributed by atoms with E-state index in [1.54, 1.807) is 6.92 Å². The van der Waals surface area contributed by atoms with Gasteiger partial charge in [0.2, 0.25) is 5.88 Å². The van der Waals surface area contributed by atoms with Gasteiger partial charge in [-0.25, -0.2) is 4.98 Å². The molecule has 0 spiro atoms. The fraction of sp³-hybridized carbons (Fsp3) is 0.412. The number of allylic oxidation sites excluding steroid dienone is 1. The zero-order chi connectivity index (χ0) is 18.4. The summed E-state index contributed by atoms with van der Waals surface area (Å²) in [4.78, 5) is 15.0. The van der Waals surface area contributed by atoms with Gasteiger partial charge < -0.3 is 14.6 Å². The van der Waals surface area contributed by atoms with Crippen LogP contribution in [0, 0.1) is 0 Å². The van der Waals surface area contributed by atoms with E-state index in [0.29, 0.717) is 30.8 Å². The molecule has 8 heteroatoms. The fourth-order valence-corrected chi connectivity index (χ4v) is 2.08. The molecule has 136 valence electrons. The van der Waals surface area contributed by atoms with E-state index in [1.165, 1.54) is 18.2 Å². The molecule has 5 nitrogen and oxygen atoms in total. The van der Waals surface area contributed by atoms with Crippen molar-refractivity contribution in [3.63, 3.8) is 0 Å². The van der Waals surface area contributed by atoms with Gasteiger partial charge in [-0.05, 0) is 37.5 Å². The third-order valence-electron chi connectivity index (χ3n) is 3.47. The summed E-state index contributed by atoms with van der Waals surface area (Å²) < 4.78 is 48.0. The third-order valence-corrected chi connectivity index (χ3v) is 3.47. The largest absolute Gasteiger partial charge is 0.493 e. The molecule has 0 radical (unpaired) electrons. The first-order valence-electron chi connectivity index (χ1n) is 7.68. The minimum absolute atomic E-state index is 0.127. The highest BCUT2D eigenvalue weighted by atomic mass is 19.4. The van der Waals surface area contributed by atoms with Crippen LogP contribution >= 0.6 is 0 Å². The molecule has 0 amide bonds. The number of aliphatic hydroxyl groups excluding tert-OH is 1. The van der Waals surface area contributed by atoms with Crippen LogP contribution in [0.1, 0.15) is 25.3 Å². The van der Waals surface area contributed by atoms with Gasteiger partial charge in [0.1, 0.15) is 11.9 Å². The second-order valence-corrected chi connectivity index (χ2v) is 5.49. The summed E-state index contributed by atoms with van der Waals surface area (Å²) in [6.07, 6.45) is -0.872. The average molecular weight is 357 g/mol. The van der Waals surface area contributed by atoms with Gasteiger partial charge in [0.15, 0.2) is 5.78 Å². The molecule has 0 aromatic carbocycles. The number of unbranched alkanes of at least 4 members (excludes halogenated alkanes) is 1. The molecule has 1 aliphatic carbocycles. The highest BCUT2D eigenvalue weighted by Crippen LogP contribution is 2.29. The first-order chi connectivity index (χ1) is 11.8. The fourth-order valence-electron chi connectivity index (χ4n) is 2.08. The van der Waals surface area contributed by atoms with Crippen LogP contribution in [0.3, 0.4) is 0 Å². The van der Waals surface area contributed by atoms with Crippen LogP contribution in [0.4, 0.5) is 13.2 Å². The Morgan fingerprint density at radius 2 is 1.88 bits per heavy atom. The summed E-state index contributed by atoms with van der Waals surface area (Å²) in [5.41, 5.74) is -0.130. The van der Waals surface area contributed by atoms with Crippen molar-refractivity contribution in [2.45, 2.75) is 32.0 Å². The SMILES string of the molecule is CC1=CC(O)C(=O)C=C1OCCCCOc1ccc(C(F)(F)F)cn1. The molecule has 1 N–H and O–H groups in total. The zero-order valence-electron chi connectivity index (χ0n) is 13.5. The summed E-state index contributed by atoms with van der Waals surface area (Å²) >= 11 is 0. The minimum atomic E-state index is -4.42. The number of alkyl halides is 3. The van der Waals surface area contributed by atoms with Gasteiger partial charge >= 0.3 is 6.18 Å². The standard InChI is InChI=1S/C17H18F3NO4/c1-11-8-13(22)14(23)9-15(11)24-6-2-3-7-25-16-5-4-12(10-21-16)17(18,19)20/h4-5,8-10,13,22H,2-3,6-7H2,1H3. The highest BCUT2D eigenvalue weighted by Gasteiger charge is 2.30. The Morgan fingerprint density at radius 3 is 2.48 bits per heavy atom. The Kier molecular flexibility index (Phi) is 6.19. The lowest BCUT2D eigenvalue weighted by atomic mass is 10.0. The lowest BCUT2D eigenvalue weighted by Gasteiger charge is -2.16. The Hall–Kier alpha value is -2.35. The van der Waals surface area contributed by atoms with E-state index in [-0.39, 0.29) is 12.5 Å². The summed E-state index contributed by atoms with van der Waals surface area (Å²) in [7, 11) is 0. The smallest absolute Gasteiger partial charge is 0.417 e.